The van der Waals surface area contributed by atoms with Crippen LogP contribution in [0.3, 0.4) is 0 Å². The molecular formula is C20H29N3O2. The summed E-state index contributed by atoms with van der Waals surface area (Å²) in [4.78, 5) is 28.3. The van der Waals surface area contributed by atoms with Crippen LogP contribution in [-0.2, 0) is 11.3 Å². The molecule has 3 rings (SSSR count). The van der Waals surface area contributed by atoms with E-state index in [4.69, 9.17) is 0 Å². The van der Waals surface area contributed by atoms with Crippen molar-refractivity contribution in [2.24, 2.45) is 0 Å². The number of carbonyl (C=O) groups is 2. The van der Waals surface area contributed by atoms with E-state index in [2.05, 4.69) is 36.5 Å². The van der Waals surface area contributed by atoms with Crippen molar-refractivity contribution < 1.29 is 9.59 Å². The molecule has 0 bridgehead atoms. The standard InChI is InChI=1S/C20H29N3O2/c1-16-8-10-17(11-9-16)14-22-12-13-23(20(22)25)15-19(24)21-18-6-4-2-3-5-7-18/h8-11,18H,2-7,12-15H2,1H3,(H,21,24). The van der Waals surface area contributed by atoms with Crippen LogP contribution in [0.15, 0.2) is 24.3 Å². The molecule has 0 atom stereocenters. The zero-order valence-corrected chi connectivity index (χ0v) is 15.2. The van der Waals surface area contributed by atoms with Gasteiger partial charge >= 0.3 is 6.03 Å². The van der Waals surface area contributed by atoms with E-state index in [1.807, 2.05) is 4.90 Å². The summed E-state index contributed by atoms with van der Waals surface area (Å²) in [6.07, 6.45) is 7.06. The summed E-state index contributed by atoms with van der Waals surface area (Å²) in [7, 11) is 0. The molecule has 0 aromatic heterocycles. The Hall–Kier alpha value is -2.04. The van der Waals surface area contributed by atoms with Gasteiger partial charge in [0.2, 0.25) is 5.91 Å². The van der Waals surface area contributed by atoms with E-state index >= 15 is 0 Å². The number of hydrogen-bond donors (Lipinski definition) is 1. The van der Waals surface area contributed by atoms with Crippen LogP contribution in [0.1, 0.15) is 49.7 Å². The van der Waals surface area contributed by atoms with Gasteiger partial charge in [-0.15, -0.1) is 0 Å². The maximum atomic E-state index is 12.5. The molecule has 1 aliphatic heterocycles. The van der Waals surface area contributed by atoms with Gasteiger partial charge in [0.15, 0.2) is 0 Å². The molecule has 1 aliphatic carbocycles. The van der Waals surface area contributed by atoms with Gasteiger partial charge < -0.3 is 15.1 Å². The van der Waals surface area contributed by atoms with Crippen molar-refractivity contribution in [3.8, 4) is 0 Å². The average Bonchev–Trinajstić information content (AvgIpc) is 2.79. The van der Waals surface area contributed by atoms with Crippen molar-refractivity contribution in [2.45, 2.75) is 58.0 Å². The number of carbonyl (C=O) groups excluding carboxylic acids is 2. The maximum Gasteiger partial charge on any atom is 0.320 e. The molecule has 0 radical (unpaired) electrons. The molecule has 25 heavy (non-hydrogen) atoms. The highest BCUT2D eigenvalue weighted by Gasteiger charge is 2.30. The third kappa shape index (κ3) is 4.97. The Morgan fingerprint density at radius 3 is 2.36 bits per heavy atom. The van der Waals surface area contributed by atoms with Gasteiger partial charge in [0, 0.05) is 25.7 Å². The Balaban J connectivity index is 1.47. The fourth-order valence-corrected chi connectivity index (χ4v) is 3.71. The predicted molar refractivity (Wildman–Crippen MR) is 98.2 cm³/mol. The number of benzene rings is 1. The SMILES string of the molecule is Cc1ccc(CN2CCN(CC(=O)NC3CCCCCC3)C2=O)cc1. The van der Waals surface area contributed by atoms with Crippen LogP contribution in [0.5, 0.6) is 0 Å². The average molecular weight is 343 g/mol. The second kappa shape index (κ2) is 8.37. The van der Waals surface area contributed by atoms with Crippen LogP contribution >= 0.6 is 0 Å². The Morgan fingerprint density at radius 2 is 1.68 bits per heavy atom. The normalized spacial score (nSPS) is 19.2. The first-order chi connectivity index (χ1) is 12.1. The van der Waals surface area contributed by atoms with Crippen molar-refractivity contribution in [3.63, 3.8) is 0 Å². The highest BCUT2D eigenvalue weighted by Crippen LogP contribution is 2.18. The van der Waals surface area contributed by atoms with Gasteiger partial charge in [-0.3, -0.25) is 4.79 Å². The Kier molecular flexibility index (Phi) is 5.95. The number of nitrogens with zero attached hydrogens (tertiary/aromatic N) is 2. The minimum Gasteiger partial charge on any atom is -0.352 e. The summed E-state index contributed by atoms with van der Waals surface area (Å²) in [5.41, 5.74) is 2.34. The van der Waals surface area contributed by atoms with E-state index in [1.54, 1.807) is 4.90 Å². The summed E-state index contributed by atoms with van der Waals surface area (Å²) < 4.78 is 0. The molecule has 0 unspecified atom stereocenters. The van der Waals surface area contributed by atoms with Crippen molar-refractivity contribution >= 4 is 11.9 Å². The van der Waals surface area contributed by atoms with E-state index < -0.39 is 0 Å². The molecule has 1 N–H and O–H groups in total. The topological polar surface area (TPSA) is 52.6 Å². The lowest BCUT2D eigenvalue weighted by Gasteiger charge is -2.21. The van der Waals surface area contributed by atoms with Crippen molar-refractivity contribution in [2.75, 3.05) is 19.6 Å². The van der Waals surface area contributed by atoms with E-state index in [0.29, 0.717) is 19.6 Å². The monoisotopic (exact) mass is 343 g/mol. The number of urea groups is 1. The number of aryl methyl sites for hydroxylation is 1. The van der Waals surface area contributed by atoms with Crippen LogP contribution < -0.4 is 5.32 Å². The maximum absolute atomic E-state index is 12.5. The molecule has 2 aliphatic rings. The van der Waals surface area contributed by atoms with Gasteiger partial charge in [-0.05, 0) is 25.3 Å². The first-order valence-electron chi connectivity index (χ1n) is 9.50. The molecule has 136 valence electrons. The third-order valence-electron chi connectivity index (χ3n) is 5.23. The summed E-state index contributed by atoms with van der Waals surface area (Å²) in [6.45, 7) is 4.16. The van der Waals surface area contributed by atoms with Gasteiger partial charge in [0.05, 0.1) is 0 Å². The van der Waals surface area contributed by atoms with Crippen molar-refractivity contribution in [3.05, 3.63) is 35.4 Å². The highest BCUT2D eigenvalue weighted by molar-refractivity contribution is 5.85. The first kappa shape index (κ1) is 17.8. The molecule has 1 saturated heterocycles. The predicted octanol–water partition coefficient (Wildman–Crippen LogP) is 3.07. The lowest BCUT2D eigenvalue weighted by atomic mass is 10.1. The van der Waals surface area contributed by atoms with Crippen LogP contribution in [0.4, 0.5) is 4.79 Å². The minimum absolute atomic E-state index is 0.0163. The molecule has 5 nitrogen and oxygen atoms in total. The highest BCUT2D eigenvalue weighted by atomic mass is 16.2. The van der Waals surface area contributed by atoms with Crippen LogP contribution in [-0.4, -0.2) is 47.4 Å². The molecule has 1 heterocycles. The number of amides is 3. The Labute approximate surface area is 150 Å². The fraction of sp³-hybridized carbons (Fsp3) is 0.600. The molecule has 1 saturated carbocycles. The van der Waals surface area contributed by atoms with Crippen LogP contribution in [0, 0.1) is 6.92 Å². The molecule has 5 heteroatoms. The minimum atomic E-state index is -0.0309. The van der Waals surface area contributed by atoms with Gasteiger partial charge in [-0.2, -0.15) is 0 Å². The van der Waals surface area contributed by atoms with E-state index in [9.17, 15) is 9.59 Å². The molecular weight excluding hydrogens is 314 g/mol. The first-order valence-corrected chi connectivity index (χ1v) is 9.50. The summed E-state index contributed by atoms with van der Waals surface area (Å²) in [5.74, 6) is -0.0163. The van der Waals surface area contributed by atoms with E-state index in [1.165, 1.54) is 31.2 Å². The van der Waals surface area contributed by atoms with Gasteiger partial charge in [0.25, 0.3) is 0 Å². The lowest BCUT2D eigenvalue weighted by Crippen LogP contribution is -2.43. The zero-order valence-electron chi connectivity index (χ0n) is 15.2. The second-order valence-electron chi connectivity index (χ2n) is 7.37. The fourth-order valence-electron chi connectivity index (χ4n) is 3.71. The number of hydrogen-bond acceptors (Lipinski definition) is 2. The Bertz CT molecular complexity index is 591. The van der Waals surface area contributed by atoms with Crippen LogP contribution in [0.2, 0.25) is 0 Å². The summed E-state index contributed by atoms with van der Waals surface area (Å²) in [6, 6.07) is 8.50. The van der Waals surface area contributed by atoms with Gasteiger partial charge in [-0.25, -0.2) is 4.79 Å². The zero-order chi connectivity index (χ0) is 17.6. The quantitative estimate of drug-likeness (QED) is 0.836. The number of nitrogens with one attached hydrogen (secondary N) is 1. The summed E-state index contributed by atoms with van der Waals surface area (Å²) in [5, 5.41) is 3.13. The number of rotatable bonds is 5. The largest absolute Gasteiger partial charge is 0.352 e. The molecule has 1 aromatic rings. The molecule has 2 fully saturated rings. The van der Waals surface area contributed by atoms with Gasteiger partial charge in [-0.1, -0.05) is 55.5 Å². The van der Waals surface area contributed by atoms with Crippen molar-refractivity contribution in [1.29, 1.82) is 0 Å². The van der Waals surface area contributed by atoms with E-state index in [-0.39, 0.29) is 24.5 Å². The molecule has 3 amide bonds. The smallest absolute Gasteiger partial charge is 0.320 e. The molecule has 1 aromatic carbocycles. The van der Waals surface area contributed by atoms with Gasteiger partial charge in [0.1, 0.15) is 6.54 Å². The van der Waals surface area contributed by atoms with E-state index in [0.717, 1.165) is 18.4 Å². The molecule has 0 spiro atoms. The van der Waals surface area contributed by atoms with Crippen LogP contribution in [0.25, 0.3) is 0 Å². The second-order valence-corrected chi connectivity index (χ2v) is 7.37. The lowest BCUT2D eigenvalue weighted by molar-refractivity contribution is -0.122. The Morgan fingerprint density at radius 1 is 1.04 bits per heavy atom. The summed E-state index contributed by atoms with van der Waals surface area (Å²) >= 11 is 0. The van der Waals surface area contributed by atoms with Crippen molar-refractivity contribution in [1.82, 2.24) is 15.1 Å². The third-order valence-corrected chi connectivity index (χ3v) is 5.23.